The van der Waals surface area contributed by atoms with Crippen molar-refractivity contribution < 1.29 is 4.79 Å². The molecular weight excluding hydrogens is 188 g/mol. The number of amides is 1. The maximum atomic E-state index is 11.1. The normalized spacial score (nSPS) is 20.5. The Kier molecular flexibility index (Phi) is 5.30. The van der Waals surface area contributed by atoms with Gasteiger partial charge in [-0.1, -0.05) is 12.5 Å². The van der Waals surface area contributed by atoms with Gasteiger partial charge in [-0.05, 0) is 25.0 Å². The van der Waals surface area contributed by atoms with E-state index in [4.69, 9.17) is 0 Å². The van der Waals surface area contributed by atoms with Gasteiger partial charge in [0.25, 0.3) is 0 Å². The first-order valence-electron chi connectivity index (χ1n) is 5.32. The van der Waals surface area contributed by atoms with Gasteiger partial charge >= 0.3 is 0 Å². The van der Waals surface area contributed by atoms with E-state index in [1.165, 1.54) is 0 Å². The van der Waals surface area contributed by atoms with E-state index in [0.717, 1.165) is 25.8 Å². The van der Waals surface area contributed by atoms with E-state index in [1.807, 2.05) is 24.5 Å². The van der Waals surface area contributed by atoms with Crippen LogP contribution in [0.2, 0.25) is 0 Å². The fourth-order valence-electron chi connectivity index (χ4n) is 1.47. The van der Waals surface area contributed by atoms with Gasteiger partial charge < -0.3 is 10.3 Å². The Bertz CT molecular complexity index is 263. The highest BCUT2D eigenvalue weighted by atomic mass is 16.1. The lowest BCUT2D eigenvalue weighted by molar-refractivity contribution is -0.123. The Labute approximate surface area is 90.6 Å². The van der Waals surface area contributed by atoms with E-state index in [9.17, 15) is 4.79 Å². The van der Waals surface area contributed by atoms with Gasteiger partial charge in [0.05, 0.1) is 5.92 Å². The van der Waals surface area contributed by atoms with Gasteiger partial charge in [-0.15, -0.1) is 6.58 Å². The van der Waals surface area contributed by atoms with E-state index in [2.05, 4.69) is 16.9 Å². The number of aromatic nitrogens is 1. The summed E-state index contributed by atoms with van der Waals surface area (Å²) < 4.78 is 0. The molecule has 82 valence electrons. The molecule has 1 aliphatic rings. The molecule has 0 radical (unpaired) electrons. The molecule has 0 saturated carbocycles. The highest BCUT2D eigenvalue weighted by molar-refractivity contribution is 5.80. The number of nitrogens with one attached hydrogen (secondary N) is 2. The second-order valence-corrected chi connectivity index (χ2v) is 3.51. The highest BCUT2D eigenvalue weighted by Gasteiger charge is 2.16. The number of hydrogen-bond acceptors (Lipinski definition) is 1. The Hall–Kier alpha value is -1.51. The molecule has 1 atom stereocenters. The van der Waals surface area contributed by atoms with Crippen LogP contribution in [0.4, 0.5) is 0 Å². The number of carbonyl (C=O) groups excluding carboxylic acids is 1. The minimum absolute atomic E-state index is 0.0579. The van der Waals surface area contributed by atoms with Crippen LogP contribution < -0.4 is 5.32 Å². The zero-order valence-corrected chi connectivity index (χ0v) is 8.91. The van der Waals surface area contributed by atoms with Gasteiger partial charge in [0.2, 0.25) is 5.91 Å². The van der Waals surface area contributed by atoms with Crippen molar-refractivity contribution in [2.75, 3.05) is 6.54 Å². The molecule has 1 fully saturated rings. The van der Waals surface area contributed by atoms with Crippen LogP contribution in [-0.4, -0.2) is 17.4 Å². The zero-order chi connectivity index (χ0) is 10.9. The van der Waals surface area contributed by atoms with E-state index < -0.39 is 0 Å². The molecule has 3 heteroatoms. The molecule has 1 saturated heterocycles. The minimum atomic E-state index is 0.0579. The molecule has 3 nitrogen and oxygen atoms in total. The van der Waals surface area contributed by atoms with Crippen molar-refractivity contribution in [1.29, 1.82) is 0 Å². The second kappa shape index (κ2) is 6.87. The van der Waals surface area contributed by atoms with Crippen LogP contribution >= 0.6 is 0 Å². The first-order chi connectivity index (χ1) is 7.34. The van der Waals surface area contributed by atoms with E-state index in [1.54, 1.807) is 6.08 Å². The molecule has 0 spiro atoms. The molecule has 0 aliphatic carbocycles. The third-order valence-electron chi connectivity index (χ3n) is 2.36. The van der Waals surface area contributed by atoms with Crippen molar-refractivity contribution >= 4 is 5.91 Å². The summed E-state index contributed by atoms with van der Waals surface area (Å²) in [6.45, 7) is 4.45. The smallest absolute Gasteiger partial charge is 0.226 e. The maximum Gasteiger partial charge on any atom is 0.226 e. The van der Waals surface area contributed by atoms with Gasteiger partial charge in [0, 0.05) is 18.9 Å². The van der Waals surface area contributed by atoms with Crippen molar-refractivity contribution in [2.45, 2.75) is 19.3 Å². The van der Waals surface area contributed by atoms with Crippen molar-refractivity contribution in [3.8, 4) is 0 Å². The van der Waals surface area contributed by atoms with Crippen LogP contribution in [0.25, 0.3) is 0 Å². The average Bonchev–Trinajstić information content (AvgIpc) is 2.75. The van der Waals surface area contributed by atoms with Gasteiger partial charge in [-0.3, -0.25) is 4.79 Å². The molecule has 2 heterocycles. The molecule has 0 aromatic carbocycles. The molecule has 1 aromatic heterocycles. The molecule has 2 rings (SSSR count). The summed E-state index contributed by atoms with van der Waals surface area (Å²) in [5.41, 5.74) is 0. The van der Waals surface area contributed by atoms with Crippen LogP contribution in [0.5, 0.6) is 0 Å². The van der Waals surface area contributed by atoms with Gasteiger partial charge in [0.1, 0.15) is 0 Å². The first-order valence-corrected chi connectivity index (χ1v) is 5.32. The Morgan fingerprint density at radius 2 is 2.07 bits per heavy atom. The van der Waals surface area contributed by atoms with Crippen molar-refractivity contribution in [2.24, 2.45) is 5.92 Å². The summed E-state index contributed by atoms with van der Waals surface area (Å²) in [7, 11) is 0. The standard InChI is InChI=1S/C8H13NO.C4H5N/c1-2-7-5-3-4-6-9-8(7)10;1-2-4-5-3-1/h2,7H,1,3-6H2,(H,9,10);1-5H. The predicted octanol–water partition coefficient (Wildman–Crippen LogP) is 2.10. The van der Waals surface area contributed by atoms with Gasteiger partial charge in [-0.25, -0.2) is 0 Å². The lowest BCUT2D eigenvalue weighted by Gasteiger charge is -2.05. The van der Waals surface area contributed by atoms with Crippen molar-refractivity contribution in [1.82, 2.24) is 10.3 Å². The minimum Gasteiger partial charge on any atom is -0.368 e. The summed E-state index contributed by atoms with van der Waals surface area (Å²) in [4.78, 5) is 13.9. The number of carbonyl (C=O) groups is 1. The third kappa shape index (κ3) is 4.49. The van der Waals surface area contributed by atoms with Crippen LogP contribution in [0, 0.1) is 5.92 Å². The SMILES string of the molecule is C=CC1CCCCNC1=O.c1cc[nH]c1. The van der Waals surface area contributed by atoms with Crippen molar-refractivity contribution in [3.05, 3.63) is 37.2 Å². The summed E-state index contributed by atoms with van der Waals surface area (Å²) >= 11 is 0. The average molecular weight is 206 g/mol. The fraction of sp³-hybridized carbons (Fsp3) is 0.417. The highest BCUT2D eigenvalue weighted by Crippen LogP contribution is 2.12. The Morgan fingerprint density at radius 3 is 2.60 bits per heavy atom. The monoisotopic (exact) mass is 206 g/mol. The number of H-pyrrole nitrogens is 1. The Morgan fingerprint density at radius 1 is 1.33 bits per heavy atom. The Balaban J connectivity index is 0.000000187. The molecule has 0 bridgehead atoms. The van der Waals surface area contributed by atoms with Crippen molar-refractivity contribution in [3.63, 3.8) is 0 Å². The second-order valence-electron chi connectivity index (χ2n) is 3.51. The number of hydrogen-bond donors (Lipinski definition) is 2. The predicted molar refractivity (Wildman–Crippen MR) is 61.3 cm³/mol. The number of rotatable bonds is 1. The molecular formula is C12H18N2O. The number of aromatic amines is 1. The molecule has 1 unspecified atom stereocenters. The third-order valence-corrected chi connectivity index (χ3v) is 2.36. The summed E-state index contributed by atoms with van der Waals surface area (Å²) in [5, 5.41) is 2.84. The maximum absolute atomic E-state index is 11.1. The summed E-state index contributed by atoms with van der Waals surface area (Å²) in [6, 6.07) is 3.89. The summed E-state index contributed by atoms with van der Waals surface area (Å²) in [5.74, 6) is 0.204. The van der Waals surface area contributed by atoms with Crippen LogP contribution in [0.1, 0.15) is 19.3 Å². The first kappa shape index (κ1) is 11.6. The van der Waals surface area contributed by atoms with E-state index in [-0.39, 0.29) is 11.8 Å². The molecule has 1 amide bonds. The lowest BCUT2D eigenvalue weighted by Crippen LogP contribution is -2.27. The lowest BCUT2D eigenvalue weighted by atomic mass is 10.0. The zero-order valence-electron chi connectivity index (χ0n) is 8.91. The molecule has 15 heavy (non-hydrogen) atoms. The molecule has 1 aromatic rings. The molecule has 1 aliphatic heterocycles. The largest absolute Gasteiger partial charge is 0.368 e. The fourth-order valence-corrected chi connectivity index (χ4v) is 1.47. The van der Waals surface area contributed by atoms with Gasteiger partial charge in [0.15, 0.2) is 0 Å². The topological polar surface area (TPSA) is 44.9 Å². The quantitative estimate of drug-likeness (QED) is 0.679. The van der Waals surface area contributed by atoms with Crippen LogP contribution in [0.3, 0.4) is 0 Å². The molecule has 2 N–H and O–H groups in total. The van der Waals surface area contributed by atoms with Gasteiger partial charge in [-0.2, -0.15) is 0 Å². The van der Waals surface area contributed by atoms with Crippen LogP contribution in [-0.2, 0) is 4.79 Å². The van der Waals surface area contributed by atoms with E-state index in [0.29, 0.717) is 0 Å². The van der Waals surface area contributed by atoms with Crippen LogP contribution in [0.15, 0.2) is 37.2 Å². The summed E-state index contributed by atoms with van der Waals surface area (Å²) in [6.07, 6.45) is 8.70. The van der Waals surface area contributed by atoms with E-state index >= 15 is 0 Å².